The van der Waals surface area contributed by atoms with E-state index < -0.39 is 32.0 Å². The van der Waals surface area contributed by atoms with E-state index in [0.717, 1.165) is 25.3 Å². The van der Waals surface area contributed by atoms with Gasteiger partial charge in [0.1, 0.15) is 22.0 Å². The average Bonchev–Trinajstić information content (AvgIpc) is 3.45. The monoisotopic (exact) mass is 561 g/mol. The van der Waals surface area contributed by atoms with Crippen LogP contribution in [0.2, 0.25) is 0 Å². The summed E-state index contributed by atoms with van der Waals surface area (Å²) in [6.07, 6.45) is 2.67. The van der Waals surface area contributed by atoms with E-state index in [9.17, 15) is 31.1 Å². The van der Waals surface area contributed by atoms with Crippen LogP contribution in [0.1, 0.15) is 24.8 Å². The van der Waals surface area contributed by atoms with E-state index in [-0.39, 0.29) is 63.8 Å². The van der Waals surface area contributed by atoms with Crippen molar-refractivity contribution in [1.82, 2.24) is 4.90 Å². The molecule has 1 amide bonds. The number of anilines is 2. The van der Waals surface area contributed by atoms with Crippen molar-refractivity contribution in [3.8, 4) is 0 Å². The number of sulfonamides is 1. The SMILES string of the molecule is NS(=O)(=O)Nc1ccc2c(c1)S(=O)(=O)N=C(C1=C(O)C3C([C@H]4CC[C@@H]3C4)N(Cc3ccc(F)cc3)C1=O)N2. The van der Waals surface area contributed by atoms with Gasteiger partial charge in [-0.05, 0) is 67.0 Å². The van der Waals surface area contributed by atoms with Gasteiger partial charge in [0.05, 0.1) is 11.4 Å². The lowest BCUT2D eigenvalue weighted by molar-refractivity contribution is -0.134. The first-order chi connectivity index (χ1) is 17.9. The van der Waals surface area contributed by atoms with Crippen molar-refractivity contribution >= 4 is 43.4 Å². The molecule has 2 bridgehead atoms. The standard InChI is InChI=1S/C24H24FN5O6S2/c25-15-5-1-12(2-6-15)11-30-21-14-4-3-13(9-14)19(21)22(31)20(24(30)32)23-27-17-8-7-16(28-38(26,35)36)10-18(17)37(33,34)29-23/h1-2,5-8,10,13-14,19,21,28,31H,3-4,9,11H2,(H,27,29)(H2,26,35,36)/t13-,14+,19?,21?/m1/s1. The summed E-state index contributed by atoms with van der Waals surface area (Å²) in [5.41, 5.74) is 0.458. The number of halogens is 1. The smallest absolute Gasteiger partial charge is 0.296 e. The zero-order chi connectivity index (χ0) is 27.0. The Labute approximate surface area is 218 Å². The maximum absolute atomic E-state index is 13.9. The molecule has 0 aromatic heterocycles. The van der Waals surface area contributed by atoms with Crippen LogP contribution in [0.15, 0.2) is 63.1 Å². The largest absolute Gasteiger partial charge is 0.511 e. The third-order valence-electron chi connectivity index (χ3n) is 7.77. The number of benzene rings is 2. The van der Waals surface area contributed by atoms with E-state index in [1.165, 1.54) is 24.3 Å². The first-order valence-electron chi connectivity index (χ1n) is 12.0. The lowest BCUT2D eigenvalue weighted by Crippen LogP contribution is -2.53. The number of hydrogen-bond acceptors (Lipinski definition) is 7. The van der Waals surface area contributed by atoms with Gasteiger partial charge in [0.2, 0.25) is 0 Å². The molecule has 4 atom stereocenters. The summed E-state index contributed by atoms with van der Waals surface area (Å²) in [5.74, 6) is -1.48. The molecule has 2 unspecified atom stereocenters. The Hall–Kier alpha value is -3.49. The molecule has 2 aromatic carbocycles. The van der Waals surface area contributed by atoms with Crippen molar-refractivity contribution in [2.45, 2.75) is 36.7 Å². The fraction of sp³-hybridized carbons (Fsp3) is 0.333. The maximum atomic E-state index is 13.9. The van der Waals surface area contributed by atoms with Crippen LogP contribution in [0.3, 0.4) is 0 Å². The number of carbonyl (C=O) groups is 1. The number of aliphatic hydroxyl groups excluding tert-OH is 1. The highest BCUT2D eigenvalue weighted by molar-refractivity contribution is 7.91. The molecule has 11 nitrogen and oxygen atoms in total. The highest BCUT2D eigenvalue weighted by Gasteiger charge is 2.57. The second-order valence-electron chi connectivity index (χ2n) is 10.1. The quantitative estimate of drug-likeness (QED) is 0.433. The first-order valence-corrected chi connectivity index (χ1v) is 15.0. The number of nitrogens with zero attached hydrogens (tertiary/aromatic N) is 2. The fourth-order valence-corrected chi connectivity index (χ4v) is 7.93. The molecule has 2 aromatic rings. The number of amides is 1. The van der Waals surface area contributed by atoms with Gasteiger partial charge in [-0.25, -0.2) is 9.53 Å². The number of nitrogens with two attached hydrogens (primary N) is 1. The molecule has 0 saturated heterocycles. The minimum Gasteiger partial charge on any atom is -0.511 e. The fourth-order valence-electron chi connectivity index (χ4n) is 6.33. The van der Waals surface area contributed by atoms with E-state index >= 15 is 0 Å². The number of fused-ring (bicyclic) bond motifs is 6. The van der Waals surface area contributed by atoms with E-state index in [4.69, 9.17) is 5.14 Å². The Morgan fingerprint density at radius 2 is 1.87 bits per heavy atom. The van der Waals surface area contributed by atoms with Gasteiger partial charge in [0.15, 0.2) is 5.84 Å². The lowest BCUT2D eigenvalue weighted by atomic mass is 9.77. The van der Waals surface area contributed by atoms with Crippen molar-refractivity contribution in [3.63, 3.8) is 0 Å². The van der Waals surface area contributed by atoms with Crippen LogP contribution in [0.5, 0.6) is 0 Å². The van der Waals surface area contributed by atoms with Crippen molar-refractivity contribution in [1.29, 1.82) is 0 Å². The minimum absolute atomic E-state index is 0.0585. The van der Waals surface area contributed by atoms with Crippen LogP contribution >= 0.6 is 0 Å². The van der Waals surface area contributed by atoms with Crippen LogP contribution in [-0.4, -0.2) is 44.6 Å². The number of nitrogens with one attached hydrogen (secondary N) is 2. The third kappa shape index (κ3) is 4.12. The minimum atomic E-state index is -4.39. The number of hydrogen-bond donors (Lipinski definition) is 4. The van der Waals surface area contributed by atoms with Crippen LogP contribution in [0.25, 0.3) is 0 Å². The molecule has 2 fully saturated rings. The summed E-state index contributed by atoms with van der Waals surface area (Å²) in [6.45, 7) is 0.166. The molecule has 4 aliphatic rings. The molecular formula is C24H24FN5O6S2. The molecule has 0 spiro atoms. The van der Waals surface area contributed by atoms with Crippen LogP contribution in [-0.2, 0) is 31.6 Å². The predicted octanol–water partition coefficient (Wildman–Crippen LogP) is 2.22. The molecule has 200 valence electrons. The van der Waals surface area contributed by atoms with Gasteiger partial charge in [-0.1, -0.05) is 12.1 Å². The Morgan fingerprint density at radius 1 is 1.16 bits per heavy atom. The summed E-state index contributed by atoms with van der Waals surface area (Å²) < 4.78 is 68.3. The van der Waals surface area contributed by atoms with Crippen molar-refractivity contribution < 1.29 is 31.1 Å². The summed E-state index contributed by atoms with van der Waals surface area (Å²) in [6, 6.07) is 9.23. The predicted molar refractivity (Wildman–Crippen MR) is 136 cm³/mol. The van der Waals surface area contributed by atoms with E-state index in [2.05, 4.69) is 9.71 Å². The number of carbonyl (C=O) groups excluding carboxylic acids is 1. The molecule has 5 N–H and O–H groups in total. The molecule has 2 saturated carbocycles. The highest BCUT2D eigenvalue weighted by Crippen LogP contribution is 2.55. The molecule has 14 heteroatoms. The van der Waals surface area contributed by atoms with Crippen molar-refractivity contribution in [2.75, 3.05) is 10.0 Å². The second-order valence-corrected chi connectivity index (χ2v) is 12.9. The van der Waals surface area contributed by atoms with E-state index in [1.807, 2.05) is 4.72 Å². The third-order valence-corrected chi connectivity index (χ3v) is 9.60. The Bertz CT molecular complexity index is 1640. The number of aliphatic hydroxyl groups is 1. The maximum Gasteiger partial charge on any atom is 0.296 e. The summed E-state index contributed by atoms with van der Waals surface area (Å²) in [7, 11) is -8.53. The summed E-state index contributed by atoms with van der Waals surface area (Å²) >= 11 is 0. The first kappa shape index (κ1) is 24.8. The molecular weight excluding hydrogens is 537 g/mol. The van der Waals surface area contributed by atoms with Gasteiger partial charge in [-0.2, -0.15) is 16.8 Å². The van der Waals surface area contributed by atoms with Crippen molar-refractivity contribution in [3.05, 3.63) is 65.2 Å². The zero-order valence-electron chi connectivity index (χ0n) is 19.8. The van der Waals surface area contributed by atoms with Crippen LogP contribution in [0, 0.1) is 23.6 Å². The Morgan fingerprint density at radius 3 is 2.58 bits per heavy atom. The van der Waals surface area contributed by atoms with Gasteiger partial charge < -0.3 is 15.3 Å². The van der Waals surface area contributed by atoms with Gasteiger partial charge in [0.25, 0.3) is 26.1 Å². The molecule has 2 aliphatic carbocycles. The van der Waals surface area contributed by atoms with E-state index in [0.29, 0.717) is 5.56 Å². The van der Waals surface area contributed by atoms with Gasteiger partial charge in [-0.3, -0.25) is 9.52 Å². The average molecular weight is 562 g/mol. The van der Waals surface area contributed by atoms with Gasteiger partial charge in [0, 0.05) is 18.5 Å². The van der Waals surface area contributed by atoms with Gasteiger partial charge >= 0.3 is 0 Å². The van der Waals surface area contributed by atoms with Crippen LogP contribution < -0.4 is 15.2 Å². The molecule has 2 aliphatic heterocycles. The molecule has 38 heavy (non-hydrogen) atoms. The number of amidine groups is 1. The molecule has 0 radical (unpaired) electrons. The summed E-state index contributed by atoms with van der Waals surface area (Å²) in [4.78, 5) is 15.2. The van der Waals surface area contributed by atoms with E-state index in [1.54, 1.807) is 17.0 Å². The van der Waals surface area contributed by atoms with Crippen LogP contribution in [0.4, 0.5) is 15.8 Å². The molecule has 6 rings (SSSR count). The molecule has 2 heterocycles. The second kappa shape index (κ2) is 8.51. The highest BCUT2D eigenvalue weighted by atomic mass is 32.2. The summed E-state index contributed by atoms with van der Waals surface area (Å²) in [5, 5.41) is 19.2. The Balaban J connectivity index is 1.41. The topological polar surface area (TPSA) is 171 Å². The number of rotatable bonds is 5. The van der Waals surface area contributed by atoms with Gasteiger partial charge in [-0.15, -0.1) is 4.40 Å². The lowest BCUT2D eigenvalue weighted by Gasteiger charge is -2.44. The Kier molecular flexibility index (Phi) is 5.56. The van der Waals surface area contributed by atoms with Crippen molar-refractivity contribution in [2.24, 2.45) is 27.3 Å². The normalized spacial score (nSPS) is 27.5. The zero-order valence-corrected chi connectivity index (χ0v) is 21.5.